The lowest BCUT2D eigenvalue weighted by Gasteiger charge is -2.24. The molecule has 0 spiro atoms. The second kappa shape index (κ2) is 5.80. The molecule has 0 unspecified atom stereocenters. The van der Waals surface area contributed by atoms with Crippen molar-refractivity contribution in [1.82, 2.24) is 14.4 Å². The van der Waals surface area contributed by atoms with Crippen molar-refractivity contribution in [2.24, 2.45) is 0 Å². The van der Waals surface area contributed by atoms with Crippen LogP contribution in [-0.2, 0) is 0 Å². The van der Waals surface area contributed by atoms with Crippen LogP contribution in [0.15, 0.2) is 36.8 Å². The molecule has 1 saturated carbocycles. The summed E-state index contributed by atoms with van der Waals surface area (Å²) in [6, 6.07) is 6.36. The van der Waals surface area contributed by atoms with Gasteiger partial charge in [0.05, 0.1) is 5.69 Å². The van der Waals surface area contributed by atoms with Gasteiger partial charge in [0.2, 0.25) is 0 Å². The second-order valence-electron chi connectivity index (χ2n) is 6.78. The minimum Gasteiger partial charge on any atom is -0.303 e. The highest BCUT2D eigenvalue weighted by Crippen LogP contribution is 2.37. The summed E-state index contributed by atoms with van der Waals surface area (Å²) in [5, 5.41) is 0. The Morgan fingerprint density at radius 2 is 1.96 bits per heavy atom. The van der Waals surface area contributed by atoms with Crippen LogP contribution in [0.25, 0.3) is 16.9 Å². The van der Waals surface area contributed by atoms with Crippen LogP contribution in [0.3, 0.4) is 0 Å². The fourth-order valence-electron chi connectivity index (χ4n) is 4.03. The molecule has 0 saturated heterocycles. The molecule has 3 nitrogen and oxygen atoms in total. The van der Waals surface area contributed by atoms with Gasteiger partial charge in [-0.05, 0) is 56.4 Å². The summed E-state index contributed by atoms with van der Waals surface area (Å²) in [6.45, 7) is 4.41. The fraction of sp³-hybridized carbons (Fsp3) is 0.400. The van der Waals surface area contributed by atoms with Crippen LogP contribution in [0, 0.1) is 13.8 Å². The van der Waals surface area contributed by atoms with E-state index in [-0.39, 0.29) is 0 Å². The average molecular weight is 305 g/mol. The molecule has 3 heterocycles. The number of aromatic nitrogens is 3. The van der Waals surface area contributed by atoms with Gasteiger partial charge in [-0.1, -0.05) is 19.3 Å². The number of pyridine rings is 2. The second-order valence-corrected chi connectivity index (χ2v) is 6.78. The van der Waals surface area contributed by atoms with Crippen molar-refractivity contribution in [3.63, 3.8) is 0 Å². The van der Waals surface area contributed by atoms with Crippen molar-refractivity contribution in [1.29, 1.82) is 0 Å². The summed E-state index contributed by atoms with van der Waals surface area (Å²) in [7, 11) is 0. The Morgan fingerprint density at radius 1 is 1.13 bits per heavy atom. The van der Waals surface area contributed by atoms with E-state index in [1.165, 1.54) is 48.9 Å². The fourth-order valence-corrected chi connectivity index (χ4v) is 4.03. The van der Waals surface area contributed by atoms with Crippen molar-refractivity contribution < 1.29 is 0 Å². The third kappa shape index (κ3) is 2.54. The van der Waals surface area contributed by atoms with Crippen LogP contribution in [-0.4, -0.2) is 14.4 Å². The minimum atomic E-state index is 0.663. The lowest BCUT2D eigenvalue weighted by molar-refractivity contribution is 0.443. The maximum atomic E-state index is 5.00. The lowest BCUT2D eigenvalue weighted by Crippen LogP contribution is -2.09. The van der Waals surface area contributed by atoms with E-state index < -0.39 is 0 Å². The SMILES string of the molecule is Cc1cc(C)n2cc(-c3cccnc3)nc2c1C1CCCCC1. The van der Waals surface area contributed by atoms with E-state index in [4.69, 9.17) is 4.98 Å². The van der Waals surface area contributed by atoms with E-state index in [1.807, 2.05) is 18.5 Å². The van der Waals surface area contributed by atoms with Gasteiger partial charge >= 0.3 is 0 Å². The van der Waals surface area contributed by atoms with E-state index in [0.29, 0.717) is 5.92 Å². The maximum Gasteiger partial charge on any atom is 0.141 e. The third-order valence-electron chi connectivity index (χ3n) is 5.15. The highest BCUT2D eigenvalue weighted by molar-refractivity contribution is 5.65. The number of rotatable bonds is 2. The summed E-state index contributed by atoms with van der Waals surface area (Å²) < 4.78 is 2.26. The number of hydrogen-bond donors (Lipinski definition) is 0. The first-order chi connectivity index (χ1) is 11.2. The smallest absolute Gasteiger partial charge is 0.141 e. The molecule has 1 aliphatic carbocycles. The van der Waals surface area contributed by atoms with Gasteiger partial charge in [-0.3, -0.25) is 4.98 Å². The normalized spacial score (nSPS) is 16.1. The summed E-state index contributed by atoms with van der Waals surface area (Å²) in [5.41, 5.74) is 7.36. The molecular weight excluding hydrogens is 282 g/mol. The summed E-state index contributed by atoms with van der Waals surface area (Å²) in [6.07, 6.45) is 12.5. The van der Waals surface area contributed by atoms with Crippen LogP contribution >= 0.6 is 0 Å². The van der Waals surface area contributed by atoms with Crippen LogP contribution in [0.2, 0.25) is 0 Å². The molecule has 3 heteroatoms. The predicted molar refractivity (Wildman–Crippen MR) is 93.7 cm³/mol. The monoisotopic (exact) mass is 305 g/mol. The first-order valence-corrected chi connectivity index (χ1v) is 8.63. The van der Waals surface area contributed by atoms with E-state index >= 15 is 0 Å². The van der Waals surface area contributed by atoms with Crippen molar-refractivity contribution in [2.45, 2.75) is 51.9 Å². The number of hydrogen-bond acceptors (Lipinski definition) is 2. The van der Waals surface area contributed by atoms with Gasteiger partial charge in [-0.2, -0.15) is 0 Å². The zero-order valence-electron chi connectivity index (χ0n) is 13.9. The third-order valence-corrected chi connectivity index (χ3v) is 5.15. The highest BCUT2D eigenvalue weighted by atomic mass is 15.0. The molecule has 0 bridgehead atoms. The van der Waals surface area contributed by atoms with Crippen molar-refractivity contribution >= 4 is 5.65 Å². The number of nitrogens with zero attached hydrogens (tertiary/aromatic N) is 3. The van der Waals surface area contributed by atoms with Gasteiger partial charge in [0.1, 0.15) is 5.65 Å². The van der Waals surface area contributed by atoms with Gasteiger partial charge in [0.25, 0.3) is 0 Å². The Morgan fingerprint density at radius 3 is 2.70 bits per heavy atom. The van der Waals surface area contributed by atoms with Gasteiger partial charge < -0.3 is 4.40 Å². The standard InChI is InChI=1S/C20H23N3/c1-14-11-15(2)23-13-18(17-9-6-10-21-12-17)22-20(23)19(14)16-7-4-3-5-8-16/h6,9-13,16H,3-5,7-8H2,1-2H3. The Hall–Kier alpha value is -2.16. The Balaban J connectivity index is 1.90. The average Bonchev–Trinajstić information content (AvgIpc) is 3.02. The van der Waals surface area contributed by atoms with E-state index in [0.717, 1.165) is 16.9 Å². The Bertz CT molecular complexity index is 827. The minimum absolute atomic E-state index is 0.663. The van der Waals surface area contributed by atoms with E-state index in [2.05, 4.69) is 41.6 Å². The number of aryl methyl sites for hydroxylation is 2. The van der Waals surface area contributed by atoms with Crippen molar-refractivity contribution in [2.75, 3.05) is 0 Å². The zero-order chi connectivity index (χ0) is 15.8. The van der Waals surface area contributed by atoms with Crippen LogP contribution < -0.4 is 0 Å². The highest BCUT2D eigenvalue weighted by Gasteiger charge is 2.22. The Kier molecular flexibility index (Phi) is 3.64. The molecule has 0 N–H and O–H groups in total. The molecular formula is C20H23N3. The van der Waals surface area contributed by atoms with Gasteiger partial charge in [-0.25, -0.2) is 4.98 Å². The first kappa shape index (κ1) is 14.4. The molecule has 1 aliphatic rings. The van der Waals surface area contributed by atoms with Crippen LogP contribution in [0.1, 0.15) is 54.8 Å². The summed E-state index contributed by atoms with van der Waals surface area (Å²) in [4.78, 5) is 9.24. The van der Waals surface area contributed by atoms with Crippen LogP contribution in [0.4, 0.5) is 0 Å². The van der Waals surface area contributed by atoms with Gasteiger partial charge in [0, 0.05) is 35.4 Å². The molecule has 0 aliphatic heterocycles. The van der Waals surface area contributed by atoms with E-state index in [1.54, 1.807) is 0 Å². The predicted octanol–water partition coefficient (Wildman–Crippen LogP) is 5.06. The van der Waals surface area contributed by atoms with Gasteiger partial charge in [-0.15, -0.1) is 0 Å². The molecule has 4 rings (SSSR count). The molecule has 3 aromatic rings. The Labute approximate surface area is 137 Å². The molecule has 23 heavy (non-hydrogen) atoms. The van der Waals surface area contributed by atoms with Crippen LogP contribution in [0.5, 0.6) is 0 Å². The quantitative estimate of drug-likeness (QED) is 0.662. The molecule has 0 aromatic carbocycles. The van der Waals surface area contributed by atoms with Crippen molar-refractivity contribution in [3.05, 3.63) is 53.6 Å². The number of imidazole rings is 1. The lowest BCUT2D eigenvalue weighted by atomic mass is 9.82. The summed E-state index contributed by atoms with van der Waals surface area (Å²) >= 11 is 0. The first-order valence-electron chi connectivity index (χ1n) is 8.63. The van der Waals surface area contributed by atoms with Gasteiger partial charge in [0.15, 0.2) is 0 Å². The molecule has 0 radical (unpaired) electrons. The molecule has 118 valence electrons. The van der Waals surface area contributed by atoms with Crippen molar-refractivity contribution in [3.8, 4) is 11.3 Å². The van der Waals surface area contributed by atoms with E-state index in [9.17, 15) is 0 Å². The topological polar surface area (TPSA) is 30.2 Å². The molecule has 0 atom stereocenters. The maximum absolute atomic E-state index is 5.00. The molecule has 0 amide bonds. The largest absolute Gasteiger partial charge is 0.303 e. The zero-order valence-corrected chi connectivity index (χ0v) is 13.9. The number of fused-ring (bicyclic) bond motifs is 1. The molecule has 1 fully saturated rings. The summed E-state index contributed by atoms with van der Waals surface area (Å²) in [5.74, 6) is 0.663. The molecule has 3 aromatic heterocycles.